The van der Waals surface area contributed by atoms with E-state index in [9.17, 15) is 12.9 Å². The van der Waals surface area contributed by atoms with E-state index in [0.29, 0.717) is 0 Å². The van der Waals surface area contributed by atoms with E-state index in [1.807, 2.05) is 0 Å². The van der Waals surface area contributed by atoms with Crippen LogP contribution < -0.4 is 66.3 Å². The zero-order chi connectivity index (χ0) is 10.3. The molecule has 1 aromatic rings. The van der Waals surface area contributed by atoms with Crippen LogP contribution in [0.15, 0.2) is 12.1 Å². The summed E-state index contributed by atoms with van der Waals surface area (Å²) in [6.45, 7) is -5.20. The molecular weight excluding hydrogens is 258 g/mol. The fourth-order valence-corrected chi connectivity index (χ4v) is 1.54. The molecule has 0 radical (unpaired) electrons. The van der Waals surface area contributed by atoms with Crippen LogP contribution in [0.3, 0.4) is 0 Å². The molecule has 2 nitrogen and oxygen atoms in total. The number of fused-ring (bicyclic) bond motifs is 1. The van der Waals surface area contributed by atoms with E-state index >= 15 is 0 Å². The zero-order valence-corrected chi connectivity index (χ0v) is 11.6. The summed E-state index contributed by atoms with van der Waals surface area (Å²) in [5, 5.41) is -0.424. The third kappa shape index (κ3) is 2.65. The summed E-state index contributed by atoms with van der Waals surface area (Å²) in [6, 6.07) is 2.11. The van der Waals surface area contributed by atoms with Crippen LogP contribution in [0.4, 0.5) is 12.9 Å². The van der Waals surface area contributed by atoms with Crippen molar-refractivity contribution in [3.8, 4) is 11.5 Å². The number of ether oxygens (including phenoxy) is 2. The van der Waals surface area contributed by atoms with Crippen molar-refractivity contribution >= 4 is 24.0 Å². The van der Waals surface area contributed by atoms with Crippen molar-refractivity contribution in [2.75, 3.05) is 6.79 Å². The van der Waals surface area contributed by atoms with Crippen molar-refractivity contribution in [2.24, 2.45) is 0 Å². The van der Waals surface area contributed by atoms with Gasteiger partial charge in [0, 0.05) is 0 Å². The van der Waals surface area contributed by atoms with Gasteiger partial charge in [0.05, 0.1) is 5.02 Å². The first kappa shape index (κ1) is 13.7. The van der Waals surface area contributed by atoms with Gasteiger partial charge in [-0.05, 0) is 6.07 Å². The average Bonchev–Trinajstić information content (AvgIpc) is 2.50. The second kappa shape index (κ2) is 4.85. The molecule has 0 saturated carbocycles. The molecule has 2 rings (SSSR count). The standard InChI is InChI=1S/C7H4BClF3O2.K/c9-6-4(8(10,11)12)1-2-5-7(6)14-3-13-5;/h1-2H,3H2;/q-1;+1. The van der Waals surface area contributed by atoms with Crippen LogP contribution in [-0.2, 0) is 0 Å². The number of benzene rings is 1. The molecule has 0 aliphatic carbocycles. The van der Waals surface area contributed by atoms with Crippen molar-refractivity contribution in [3.05, 3.63) is 17.2 Å². The number of hydrogen-bond acceptors (Lipinski definition) is 2. The number of hydrogen-bond donors (Lipinski definition) is 0. The van der Waals surface area contributed by atoms with Gasteiger partial charge < -0.3 is 22.4 Å². The first-order valence-electron chi connectivity index (χ1n) is 3.78. The predicted octanol–water partition coefficient (Wildman–Crippen LogP) is -0.873. The summed E-state index contributed by atoms with van der Waals surface area (Å²) in [7, 11) is 0. The maximum absolute atomic E-state index is 12.4. The average molecular weight is 262 g/mol. The molecule has 0 unspecified atom stereocenters. The van der Waals surface area contributed by atoms with Crippen LogP contribution in [0.1, 0.15) is 0 Å². The van der Waals surface area contributed by atoms with Gasteiger partial charge in [0.1, 0.15) is 0 Å². The smallest absolute Gasteiger partial charge is 0.454 e. The summed E-state index contributed by atoms with van der Waals surface area (Å²) < 4.78 is 46.9. The normalized spacial score (nSPS) is 13.6. The van der Waals surface area contributed by atoms with Crippen LogP contribution in [-0.4, -0.2) is 13.8 Å². The van der Waals surface area contributed by atoms with Gasteiger partial charge in [-0.15, -0.1) is 0 Å². The Balaban J connectivity index is 0.00000112. The van der Waals surface area contributed by atoms with Crippen LogP contribution in [0.5, 0.6) is 11.5 Å². The minimum absolute atomic E-state index is 0. The Kier molecular flexibility index (Phi) is 4.42. The minimum atomic E-state index is -5.11. The maximum atomic E-state index is 12.4. The summed E-state index contributed by atoms with van der Waals surface area (Å²) in [6.07, 6.45) is 0. The minimum Gasteiger partial charge on any atom is -0.454 e. The Morgan fingerprint density at radius 2 is 1.87 bits per heavy atom. The molecular formula is C7H4BClF3KO2. The molecule has 8 heteroatoms. The first-order chi connectivity index (χ1) is 6.50. The number of halogens is 4. The summed E-state index contributed by atoms with van der Waals surface area (Å²) in [5.74, 6) is 0.224. The van der Waals surface area contributed by atoms with Crippen molar-refractivity contribution in [1.29, 1.82) is 0 Å². The van der Waals surface area contributed by atoms with Gasteiger partial charge in [0.15, 0.2) is 11.5 Å². The van der Waals surface area contributed by atoms with E-state index < -0.39 is 17.5 Å². The monoisotopic (exact) mass is 262 g/mol. The summed E-state index contributed by atoms with van der Waals surface area (Å²) in [4.78, 5) is 0. The molecule has 1 aromatic carbocycles. The molecule has 1 aliphatic rings. The van der Waals surface area contributed by atoms with Gasteiger partial charge in [-0.25, -0.2) is 0 Å². The SMILES string of the molecule is F[B-](F)(F)c1ccc2c(c1Cl)OCO2.[K+]. The summed E-state index contributed by atoms with van der Waals surface area (Å²) >= 11 is 5.53. The molecule has 0 N–H and O–H groups in total. The first-order valence-corrected chi connectivity index (χ1v) is 4.16. The van der Waals surface area contributed by atoms with E-state index in [1.165, 1.54) is 6.07 Å². The Morgan fingerprint density at radius 3 is 2.47 bits per heavy atom. The van der Waals surface area contributed by atoms with E-state index in [-0.39, 0.29) is 69.7 Å². The van der Waals surface area contributed by atoms with Crippen LogP contribution in [0.2, 0.25) is 5.02 Å². The number of rotatable bonds is 1. The third-order valence-corrected chi connectivity index (χ3v) is 2.25. The molecule has 1 aliphatic heterocycles. The van der Waals surface area contributed by atoms with Gasteiger partial charge in [0.25, 0.3) is 0 Å². The van der Waals surface area contributed by atoms with E-state index in [0.717, 1.165) is 6.07 Å². The molecule has 76 valence electrons. The molecule has 0 atom stereocenters. The topological polar surface area (TPSA) is 18.5 Å². The van der Waals surface area contributed by atoms with E-state index in [2.05, 4.69) is 0 Å². The third-order valence-electron chi connectivity index (χ3n) is 1.86. The molecule has 0 saturated heterocycles. The Labute approximate surface area is 132 Å². The quantitative estimate of drug-likeness (QED) is 0.613. The van der Waals surface area contributed by atoms with Crippen molar-refractivity contribution in [2.45, 2.75) is 0 Å². The molecule has 0 aromatic heterocycles. The molecule has 15 heavy (non-hydrogen) atoms. The maximum Gasteiger partial charge on any atom is 1.00 e. The molecule has 0 bridgehead atoms. The Hall–Kier alpha value is 0.601. The van der Waals surface area contributed by atoms with Gasteiger partial charge in [-0.2, -0.15) is 0 Å². The largest absolute Gasteiger partial charge is 1.00 e. The van der Waals surface area contributed by atoms with E-state index in [4.69, 9.17) is 21.1 Å². The second-order valence-electron chi connectivity index (χ2n) is 2.78. The molecule has 0 spiro atoms. The Bertz CT molecular complexity index is 385. The van der Waals surface area contributed by atoms with Crippen molar-refractivity contribution in [3.63, 3.8) is 0 Å². The molecule has 0 amide bonds. The predicted molar refractivity (Wildman–Crippen MR) is 46.3 cm³/mol. The van der Waals surface area contributed by atoms with Crippen LogP contribution in [0.25, 0.3) is 0 Å². The van der Waals surface area contributed by atoms with E-state index in [1.54, 1.807) is 0 Å². The summed E-state index contributed by atoms with van der Waals surface area (Å²) in [5.41, 5.74) is -0.851. The second-order valence-corrected chi connectivity index (χ2v) is 3.16. The fourth-order valence-electron chi connectivity index (χ4n) is 1.21. The van der Waals surface area contributed by atoms with Gasteiger partial charge in [-0.3, -0.25) is 0 Å². The van der Waals surface area contributed by atoms with Gasteiger partial charge in [-0.1, -0.05) is 23.1 Å². The van der Waals surface area contributed by atoms with Crippen LogP contribution >= 0.6 is 11.6 Å². The van der Waals surface area contributed by atoms with Crippen molar-refractivity contribution in [1.82, 2.24) is 0 Å². The Morgan fingerprint density at radius 1 is 1.20 bits per heavy atom. The van der Waals surface area contributed by atoms with Crippen molar-refractivity contribution < 1.29 is 73.8 Å². The molecule has 1 heterocycles. The van der Waals surface area contributed by atoms with Gasteiger partial charge in [0.2, 0.25) is 6.79 Å². The zero-order valence-electron chi connectivity index (χ0n) is 7.77. The van der Waals surface area contributed by atoms with Crippen LogP contribution in [0, 0.1) is 0 Å². The fraction of sp³-hybridized carbons (Fsp3) is 0.143. The van der Waals surface area contributed by atoms with Gasteiger partial charge >= 0.3 is 58.4 Å². The molecule has 0 fully saturated rings.